The Morgan fingerprint density at radius 2 is 1.78 bits per heavy atom. The molecule has 2 heterocycles. The van der Waals surface area contributed by atoms with Crippen molar-refractivity contribution in [3.05, 3.63) is 47.7 Å². The van der Waals surface area contributed by atoms with E-state index in [4.69, 9.17) is 5.73 Å². The van der Waals surface area contributed by atoms with Gasteiger partial charge in [0.2, 0.25) is 9.62 Å². The summed E-state index contributed by atoms with van der Waals surface area (Å²) in [6, 6.07) is 14.7. The summed E-state index contributed by atoms with van der Waals surface area (Å²) in [5.41, 5.74) is 6.30. The van der Waals surface area contributed by atoms with Crippen molar-refractivity contribution < 1.29 is 10.3 Å². The Morgan fingerprint density at radius 3 is 2.30 bits per heavy atom. The zero-order chi connectivity index (χ0) is 19.7. The summed E-state index contributed by atoms with van der Waals surface area (Å²) in [6.07, 6.45) is 1.97. The number of nitrogens with one attached hydrogen (secondary N) is 1. The van der Waals surface area contributed by atoms with Gasteiger partial charge in [0.05, 0.1) is 12.1 Å². The number of hydrogen-bond donors (Lipinski definition) is 3. The first-order chi connectivity index (χ1) is 13.0. The van der Waals surface area contributed by atoms with Gasteiger partial charge < -0.3 is 5.32 Å². The molecule has 3 atom stereocenters. The molecule has 0 unspecified atom stereocenters. The van der Waals surface area contributed by atoms with Crippen molar-refractivity contribution in [2.24, 2.45) is 16.6 Å². The molecule has 5 N–H and O–H groups in total. The molecule has 1 aromatic rings. The van der Waals surface area contributed by atoms with Crippen LogP contribution in [0.1, 0.15) is 32.4 Å². The second-order valence-corrected chi connectivity index (χ2v) is 10.0. The van der Waals surface area contributed by atoms with E-state index in [2.05, 4.69) is 36.3 Å². The van der Waals surface area contributed by atoms with E-state index in [1.54, 1.807) is 23.5 Å². The zero-order valence-corrected chi connectivity index (χ0v) is 17.5. The molecule has 0 aliphatic carbocycles. The number of nitriles is 2. The van der Waals surface area contributed by atoms with Gasteiger partial charge in [-0.1, -0.05) is 67.7 Å². The predicted molar refractivity (Wildman–Crippen MR) is 110 cm³/mol. The molecular formula is C20H25N5S2+2. The minimum absolute atomic E-state index is 0.294. The van der Waals surface area contributed by atoms with Crippen molar-refractivity contribution >= 4 is 29.4 Å². The van der Waals surface area contributed by atoms with Gasteiger partial charge in [0, 0.05) is 18.6 Å². The van der Waals surface area contributed by atoms with Gasteiger partial charge in [-0.25, -0.2) is 0 Å². The minimum atomic E-state index is -1.17. The number of allylic oxidation sites excluding steroid dienone is 1. The summed E-state index contributed by atoms with van der Waals surface area (Å²) in [5, 5.41) is 23.1. The third-order valence-corrected chi connectivity index (χ3v) is 8.36. The van der Waals surface area contributed by atoms with E-state index in [9.17, 15) is 10.5 Å². The molecule has 0 fully saturated rings. The van der Waals surface area contributed by atoms with Crippen LogP contribution in [0.2, 0.25) is 0 Å². The second kappa shape index (κ2) is 7.24. The van der Waals surface area contributed by atoms with Gasteiger partial charge in [-0.2, -0.15) is 10.5 Å². The summed E-state index contributed by atoms with van der Waals surface area (Å²) in [4.78, 5) is 3.43. The van der Waals surface area contributed by atoms with Crippen molar-refractivity contribution in [2.45, 2.75) is 31.0 Å². The van der Waals surface area contributed by atoms with Crippen LogP contribution < -0.4 is 16.0 Å². The Bertz CT molecular complexity index is 861. The molecule has 0 saturated heterocycles. The quantitative estimate of drug-likeness (QED) is 0.637. The first-order valence-electron chi connectivity index (χ1n) is 9.07. The molecule has 7 heteroatoms. The molecule has 2 aliphatic rings. The van der Waals surface area contributed by atoms with Crippen molar-refractivity contribution in [3.63, 3.8) is 0 Å². The Morgan fingerprint density at radius 1 is 1.15 bits per heavy atom. The Balaban J connectivity index is 2.35. The third-order valence-electron chi connectivity index (χ3n) is 5.41. The van der Waals surface area contributed by atoms with Crippen molar-refractivity contribution in [1.29, 1.82) is 10.5 Å². The average molecular weight is 400 g/mol. The largest absolute Gasteiger partial charge is 0.310 e. The molecule has 0 bridgehead atoms. The molecule has 0 spiro atoms. The van der Waals surface area contributed by atoms with Gasteiger partial charge >= 0.3 is 0 Å². The maximum Gasteiger partial charge on any atom is 0.272 e. The minimum Gasteiger partial charge on any atom is -0.310 e. The molecule has 0 radical (unpaired) electrons. The highest BCUT2D eigenvalue weighted by molar-refractivity contribution is 8.17. The van der Waals surface area contributed by atoms with E-state index < -0.39 is 15.0 Å². The first kappa shape index (κ1) is 19.8. The fourth-order valence-electron chi connectivity index (χ4n) is 4.41. The van der Waals surface area contributed by atoms with Crippen LogP contribution in [-0.2, 0) is 0 Å². The summed E-state index contributed by atoms with van der Waals surface area (Å²) in [7, 11) is 0. The van der Waals surface area contributed by atoms with Crippen LogP contribution in [0.25, 0.3) is 0 Å². The lowest BCUT2D eigenvalue weighted by Crippen LogP contribution is -2.90. The van der Waals surface area contributed by atoms with Crippen LogP contribution in [-0.4, -0.2) is 21.5 Å². The summed E-state index contributed by atoms with van der Waals surface area (Å²) in [5.74, 6) is 2.01. The second-order valence-electron chi connectivity index (χ2n) is 6.80. The van der Waals surface area contributed by atoms with E-state index in [-0.39, 0.29) is 6.04 Å². The molecule has 1 aromatic carbocycles. The number of benzene rings is 1. The SMILES string of the molecule is CCSC1(SCC)[NH+]=C(N)[C@@]2(C#N)[C@H](c3ccccc3)[NH2+]C(C)=C[C@@]12C#N. The van der Waals surface area contributed by atoms with Crippen molar-refractivity contribution in [3.8, 4) is 12.1 Å². The van der Waals surface area contributed by atoms with Crippen molar-refractivity contribution in [1.82, 2.24) is 0 Å². The maximum atomic E-state index is 10.5. The highest BCUT2D eigenvalue weighted by Crippen LogP contribution is 2.62. The third kappa shape index (κ3) is 2.53. The fourth-order valence-corrected chi connectivity index (χ4v) is 7.62. The van der Waals surface area contributed by atoms with Gasteiger partial charge in [-0.3, -0.25) is 10.7 Å². The van der Waals surface area contributed by atoms with E-state index in [0.29, 0.717) is 5.84 Å². The number of thioether (sulfide) groups is 2. The van der Waals surface area contributed by atoms with Gasteiger partial charge in [0.1, 0.15) is 11.7 Å². The maximum absolute atomic E-state index is 10.5. The van der Waals surface area contributed by atoms with E-state index in [1.807, 2.05) is 43.3 Å². The highest BCUT2D eigenvalue weighted by atomic mass is 32.2. The molecule has 0 amide bonds. The molecule has 3 rings (SSSR count). The normalized spacial score (nSPS) is 31.2. The Hall–Kier alpha value is -1.93. The highest BCUT2D eigenvalue weighted by Gasteiger charge is 2.80. The summed E-state index contributed by atoms with van der Waals surface area (Å²) in [6.45, 7) is 6.14. The van der Waals surface area contributed by atoms with Gasteiger partial charge in [-0.05, 0) is 11.5 Å². The number of quaternary nitrogens is 1. The standard InChI is InChI=1S/C20H23N5S2/c1-4-26-20(27-5-2)18(12-21)11-14(3)24-16(15-9-7-6-8-10-15)19(18,13-22)17(23)25-20/h6-11,16,24H,4-5H2,1-3H3,(H2,23,25)/p+2/t16-,18-,19+/m0/s1. The van der Waals surface area contributed by atoms with Gasteiger partial charge in [0.25, 0.3) is 5.84 Å². The predicted octanol–water partition coefficient (Wildman–Crippen LogP) is 0.840. The van der Waals surface area contributed by atoms with Crippen LogP contribution in [0.4, 0.5) is 0 Å². The number of amidine groups is 1. The molecule has 27 heavy (non-hydrogen) atoms. The number of nitrogens with two attached hydrogens (primary N) is 2. The Labute approximate surface area is 169 Å². The van der Waals surface area contributed by atoms with E-state index in [1.165, 1.54) is 0 Å². The van der Waals surface area contributed by atoms with Crippen LogP contribution in [0.5, 0.6) is 0 Å². The van der Waals surface area contributed by atoms with Gasteiger partial charge in [-0.15, -0.1) is 0 Å². The molecule has 5 nitrogen and oxygen atoms in total. The molecule has 140 valence electrons. The number of nitrogens with zero attached hydrogens (tertiary/aromatic N) is 2. The lowest BCUT2D eigenvalue weighted by Gasteiger charge is -2.44. The molecular weight excluding hydrogens is 374 g/mol. The summed E-state index contributed by atoms with van der Waals surface area (Å²) >= 11 is 3.31. The zero-order valence-electron chi connectivity index (χ0n) is 15.8. The average Bonchev–Trinajstić information content (AvgIpc) is 2.88. The van der Waals surface area contributed by atoms with Crippen LogP contribution in [0.3, 0.4) is 0 Å². The molecule has 2 aliphatic heterocycles. The Kier molecular flexibility index (Phi) is 5.31. The lowest BCUT2D eigenvalue weighted by molar-refractivity contribution is -0.667. The first-order valence-corrected chi connectivity index (χ1v) is 11.0. The lowest BCUT2D eigenvalue weighted by atomic mass is 9.58. The number of hydrogen-bond acceptors (Lipinski definition) is 5. The van der Waals surface area contributed by atoms with Gasteiger partial charge in [0.15, 0.2) is 5.41 Å². The van der Waals surface area contributed by atoms with Crippen molar-refractivity contribution in [2.75, 3.05) is 11.5 Å². The van der Waals surface area contributed by atoms with E-state index >= 15 is 0 Å². The fraction of sp³-hybridized carbons (Fsp3) is 0.450. The molecule has 0 aromatic heterocycles. The molecule has 0 saturated carbocycles. The topological polar surface area (TPSA) is 104 Å². The summed E-state index contributed by atoms with van der Waals surface area (Å²) < 4.78 is -0.701. The monoisotopic (exact) mass is 399 g/mol. The van der Waals surface area contributed by atoms with Crippen LogP contribution in [0, 0.1) is 33.5 Å². The smallest absolute Gasteiger partial charge is 0.272 e. The number of rotatable bonds is 5. The number of fused-ring (bicyclic) bond motifs is 1. The van der Waals surface area contributed by atoms with Crippen LogP contribution >= 0.6 is 23.5 Å². The van der Waals surface area contributed by atoms with Crippen LogP contribution in [0.15, 0.2) is 42.1 Å². The van der Waals surface area contributed by atoms with E-state index in [0.717, 1.165) is 22.8 Å².